The minimum Gasteiger partial charge on any atom is -0.364 e. The van der Waals surface area contributed by atoms with E-state index in [-0.39, 0.29) is 5.82 Å². The topological polar surface area (TPSA) is 46.9 Å². The van der Waals surface area contributed by atoms with Crippen molar-refractivity contribution in [1.29, 1.82) is 0 Å². The van der Waals surface area contributed by atoms with Crippen LogP contribution in [-0.2, 0) is 0 Å². The van der Waals surface area contributed by atoms with Crippen LogP contribution in [0, 0.1) is 0 Å². The highest BCUT2D eigenvalue weighted by Gasteiger charge is 2.13. The highest BCUT2D eigenvalue weighted by atomic mass is 35.5. The largest absolute Gasteiger partial charge is 0.364 e. The summed E-state index contributed by atoms with van der Waals surface area (Å²) >= 11 is 6.03. The monoisotopic (exact) mass is 335 g/mol. The van der Waals surface area contributed by atoms with Crippen LogP contribution in [0.5, 0.6) is 0 Å². The van der Waals surface area contributed by atoms with Gasteiger partial charge in [0.1, 0.15) is 5.82 Å². The van der Waals surface area contributed by atoms with Crippen LogP contribution in [0.15, 0.2) is 53.3 Å². The summed E-state index contributed by atoms with van der Waals surface area (Å²) in [5, 5.41) is 3.49. The van der Waals surface area contributed by atoms with Crippen LogP contribution in [0.4, 0.5) is 14.6 Å². The highest BCUT2D eigenvalue weighted by molar-refractivity contribution is 6.31. The number of benzene rings is 2. The number of alkyl halides is 2. The number of nitrogens with one attached hydrogen (secondary N) is 1. The van der Waals surface area contributed by atoms with E-state index in [0.29, 0.717) is 21.6 Å². The third-order valence-electron chi connectivity index (χ3n) is 3.29. The minimum absolute atomic E-state index is 0.120. The van der Waals surface area contributed by atoms with Crippen molar-refractivity contribution in [2.24, 2.45) is 0 Å². The Kier molecular flexibility index (Phi) is 4.25. The normalized spacial score (nSPS) is 11.1. The van der Waals surface area contributed by atoms with Gasteiger partial charge in [0.2, 0.25) is 0 Å². The van der Waals surface area contributed by atoms with Crippen molar-refractivity contribution in [2.75, 3.05) is 11.9 Å². The molecule has 0 bridgehead atoms. The molecular formula is C16H12ClF2N3O. The molecule has 0 fully saturated rings. The van der Waals surface area contributed by atoms with Crippen LogP contribution >= 0.6 is 11.6 Å². The molecule has 3 rings (SSSR count). The predicted molar refractivity (Wildman–Crippen MR) is 86.8 cm³/mol. The Bertz CT molecular complexity index is 897. The number of hydrogen-bond donors (Lipinski definition) is 1. The number of nitrogens with zero attached hydrogens (tertiary/aromatic N) is 2. The summed E-state index contributed by atoms with van der Waals surface area (Å²) in [6, 6.07) is 13.8. The molecule has 4 nitrogen and oxygen atoms in total. The lowest BCUT2D eigenvalue weighted by Crippen LogP contribution is -2.24. The average Bonchev–Trinajstić information content (AvgIpc) is 2.53. The Morgan fingerprint density at radius 2 is 1.91 bits per heavy atom. The van der Waals surface area contributed by atoms with Gasteiger partial charge in [0.25, 0.3) is 6.43 Å². The van der Waals surface area contributed by atoms with E-state index in [9.17, 15) is 13.6 Å². The van der Waals surface area contributed by atoms with Crippen molar-refractivity contribution in [1.82, 2.24) is 9.55 Å². The molecule has 7 heteroatoms. The number of fused-ring (bicyclic) bond motifs is 1. The third-order valence-corrected chi connectivity index (χ3v) is 3.53. The quantitative estimate of drug-likeness (QED) is 0.790. The van der Waals surface area contributed by atoms with Gasteiger partial charge in [0, 0.05) is 10.4 Å². The van der Waals surface area contributed by atoms with E-state index in [1.54, 1.807) is 42.5 Å². The van der Waals surface area contributed by atoms with E-state index in [4.69, 9.17) is 11.6 Å². The fraction of sp³-hybridized carbons (Fsp3) is 0.125. The van der Waals surface area contributed by atoms with Crippen molar-refractivity contribution in [3.8, 4) is 5.69 Å². The van der Waals surface area contributed by atoms with E-state index >= 15 is 0 Å². The summed E-state index contributed by atoms with van der Waals surface area (Å²) in [6.07, 6.45) is -2.55. The molecule has 0 saturated heterocycles. The molecule has 0 saturated carbocycles. The molecule has 118 valence electrons. The molecule has 0 radical (unpaired) electrons. The molecule has 1 heterocycles. The van der Waals surface area contributed by atoms with E-state index in [2.05, 4.69) is 10.3 Å². The van der Waals surface area contributed by atoms with Crippen LogP contribution in [0.2, 0.25) is 5.02 Å². The zero-order chi connectivity index (χ0) is 16.4. The Balaban J connectivity index is 2.26. The molecule has 0 atom stereocenters. The number of para-hydroxylation sites is 1. The molecule has 0 aliphatic carbocycles. The van der Waals surface area contributed by atoms with Gasteiger partial charge in [-0.2, -0.15) is 4.98 Å². The van der Waals surface area contributed by atoms with Crippen molar-refractivity contribution in [3.05, 3.63) is 64.0 Å². The SMILES string of the molecule is O=c1nc(NCC(F)F)c2ccc(Cl)cc2n1-c1ccccc1. The maximum atomic E-state index is 12.4. The van der Waals surface area contributed by atoms with Gasteiger partial charge in [0.15, 0.2) is 0 Å². The van der Waals surface area contributed by atoms with Crippen molar-refractivity contribution >= 4 is 28.3 Å². The molecule has 1 aromatic heterocycles. The van der Waals surface area contributed by atoms with Gasteiger partial charge in [-0.05, 0) is 30.3 Å². The standard InChI is InChI=1S/C16H12ClF2N3O/c17-10-6-7-12-13(8-10)22(11-4-2-1-3-5-11)16(23)21-15(12)20-9-14(18)19/h1-8,14H,9H2,(H,20,21,23). The first kappa shape index (κ1) is 15.4. The maximum Gasteiger partial charge on any atom is 0.354 e. The lowest BCUT2D eigenvalue weighted by molar-refractivity contribution is 0.163. The summed E-state index contributed by atoms with van der Waals surface area (Å²) < 4.78 is 26.3. The second-order valence-corrected chi connectivity index (χ2v) is 5.28. The van der Waals surface area contributed by atoms with Crippen LogP contribution < -0.4 is 11.0 Å². The van der Waals surface area contributed by atoms with Crippen molar-refractivity contribution in [3.63, 3.8) is 0 Å². The minimum atomic E-state index is -2.55. The molecule has 0 amide bonds. The first-order valence-corrected chi connectivity index (χ1v) is 7.24. The first-order chi connectivity index (χ1) is 11.1. The Morgan fingerprint density at radius 1 is 1.17 bits per heavy atom. The van der Waals surface area contributed by atoms with Gasteiger partial charge in [-0.3, -0.25) is 4.57 Å². The molecule has 0 spiro atoms. The van der Waals surface area contributed by atoms with Crippen LogP contribution in [0.25, 0.3) is 16.6 Å². The summed E-state index contributed by atoms with van der Waals surface area (Å²) in [7, 11) is 0. The zero-order valence-corrected chi connectivity index (χ0v) is 12.6. The van der Waals surface area contributed by atoms with E-state index < -0.39 is 18.7 Å². The van der Waals surface area contributed by atoms with Gasteiger partial charge in [0.05, 0.1) is 17.7 Å². The van der Waals surface area contributed by atoms with Gasteiger partial charge < -0.3 is 5.32 Å². The second-order valence-electron chi connectivity index (χ2n) is 4.85. The molecule has 1 N–H and O–H groups in total. The van der Waals surface area contributed by atoms with Crippen LogP contribution in [0.1, 0.15) is 0 Å². The lowest BCUT2D eigenvalue weighted by atomic mass is 10.2. The van der Waals surface area contributed by atoms with E-state index in [1.807, 2.05) is 6.07 Å². The van der Waals surface area contributed by atoms with Crippen molar-refractivity contribution in [2.45, 2.75) is 6.43 Å². The second kappa shape index (κ2) is 6.34. The molecule has 2 aromatic carbocycles. The van der Waals surface area contributed by atoms with E-state index in [1.165, 1.54) is 4.57 Å². The number of halogens is 3. The third kappa shape index (κ3) is 3.17. The summed E-state index contributed by atoms with van der Waals surface area (Å²) in [5.41, 5.74) is 0.556. The molecule has 23 heavy (non-hydrogen) atoms. The maximum absolute atomic E-state index is 12.4. The zero-order valence-electron chi connectivity index (χ0n) is 11.8. The Hall–Kier alpha value is -2.47. The number of hydrogen-bond acceptors (Lipinski definition) is 3. The van der Waals surface area contributed by atoms with E-state index in [0.717, 1.165) is 0 Å². The first-order valence-electron chi connectivity index (χ1n) is 6.86. The summed E-state index contributed by atoms with van der Waals surface area (Å²) in [4.78, 5) is 16.3. The molecule has 0 aliphatic rings. The Labute approximate surface area is 135 Å². The lowest BCUT2D eigenvalue weighted by Gasteiger charge is -2.14. The predicted octanol–water partition coefficient (Wildman–Crippen LogP) is 3.72. The van der Waals surface area contributed by atoms with Gasteiger partial charge in [-0.25, -0.2) is 13.6 Å². The number of rotatable bonds is 4. The number of aromatic nitrogens is 2. The van der Waals surface area contributed by atoms with Gasteiger partial charge >= 0.3 is 5.69 Å². The van der Waals surface area contributed by atoms with Crippen LogP contribution in [0.3, 0.4) is 0 Å². The smallest absolute Gasteiger partial charge is 0.354 e. The van der Waals surface area contributed by atoms with Crippen molar-refractivity contribution < 1.29 is 8.78 Å². The Morgan fingerprint density at radius 3 is 2.61 bits per heavy atom. The van der Waals surface area contributed by atoms with Gasteiger partial charge in [-0.1, -0.05) is 29.8 Å². The fourth-order valence-electron chi connectivity index (χ4n) is 2.33. The van der Waals surface area contributed by atoms with Gasteiger partial charge in [-0.15, -0.1) is 0 Å². The average molecular weight is 336 g/mol. The molecular weight excluding hydrogens is 324 g/mol. The highest BCUT2D eigenvalue weighted by Crippen LogP contribution is 2.25. The molecule has 0 unspecified atom stereocenters. The molecule has 0 aliphatic heterocycles. The summed E-state index contributed by atoms with van der Waals surface area (Å²) in [5.74, 6) is 0.120. The fourth-order valence-corrected chi connectivity index (χ4v) is 2.50. The molecule has 3 aromatic rings. The van der Waals surface area contributed by atoms with Crippen LogP contribution in [-0.4, -0.2) is 22.5 Å². The summed E-state index contributed by atoms with van der Waals surface area (Å²) in [6.45, 7) is -0.584. The number of anilines is 1.